The number of ether oxygens (including phenoxy) is 2. The average Bonchev–Trinajstić information content (AvgIpc) is 2.80. The van der Waals surface area contributed by atoms with Gasteiger partial charge in [0.2, 0.25) is 11.2 Å². The highest BCUT2D eigenvalue weighted by molar-refractivity contribution is 5.92. The van der Waals surface area contributed by atoms with Crippen molar-refractivity contribution in [2.45, 2.75) is 20.8 Å². The third kappa shape index (κ3) is 4.75. The van der Waals surface area contributed by atoms with E-state index >= 15 is 0 Å². The number of nitrogens with one attached hydrogen (secondary N) is 1. The Balaban J connectivity index is 1.69. The second kappa shape index (κ2) is 9.20. The number of anilines is 1. The Hall–Kier alpha value is -4.06. The molecule has 33 heavy (non-hydrogen) atoms. The fraction of sp³-hybridized carbons (Fsp3) is 0.185. The van der Waals surface area contributed by atoms with Gasteiger partial charge in [0.05, 0.1) is 12.5 Å². The van der Waals surface area contributed by atoms with Crippen molar-refractivity contribution in [3.05, 3.63) is 87.6 Å². The Labute approximate surface area is 191 Å². The maximum absolute atomic E-state index is 13.4. The average molecular weight is 443 g/mol. The molecule has 0 aliphatic carbocycles. The molecule has 0 aliphatic heterocycles. The molecule has 0 aliphatic rings. The first kappa shape index (κ1) is 22.1. The molecule has 0 bridgehead atoms. The van der Waals surface area contributed by atoms with Crippen molar-refractivity contribution in [3.8, 4) is 22.8 Å². The summed E-state index contributed by atoms with van der Waals surface area (Å²) in [6.07, 6.45) is 0. The molecular formula is C27H25NO5. The van der Waals surface area contributed by atoms with Crippen molar-refractivity contribution < 1.29 is 18.7 Å². The van der Waals surface area contributed by atoms with Crippen LogP contribution >= 0.6 is 0 Å². The maximum Gasteiger partial charge on any atom is 0.262 e. The first-order chi connectivity index (χ1) is 15.9. The van der Waals surface area contributed by atoms with Gasteiger partial charge < -0.3 is 19.2 Å². The van der Waals surface area contributed by atoms with Crippen LogP contribution in [0.1, 0.15) is 16.7 Å². The lowest BCUT2D eigenvalue weighted by molar-refractivity contribution is -0.118. The van der Waals surface area contributed by atoms with Crippen LogP contribution in [0.3, 0.4) is 0 Å². The van der Waals surface area contributed by atoms with E-state index in [9.17, 15) is 9.59 Å². The topological polar surface area (TPSA) is 77.8 Å². The van der Waals surface area contributed by atoms with Gasteiger partial charge in [-0.2, -0.15) is 0 Å². The largest absolute Gasteiger partial charge is 0.497 e. The third-order valence-electron chi connectivity index (χ3n) is 5.32. The zero-order chi connectivity index (χ0) is 23.5. The van der Waals surface area contributed by atoms with Gasteiger partial charge in [0.15, 0.2) is 12.4 Å². The van der Waals surface area contributed by atoms with Gasteiger partial charge in [0, 0.05) is 11.3 Å². The standard InChI is InChI=1S/C27H25NO5/c1-16-5-7-19(8-6-16)26-27(24(30)22-14-17(2)13-18(3)25(22)33-26)32-15-23(29)28-20-9-11-21(31-4)12-10-20/h5-14H,15H2,1-4H3,(H,28,29). The molecular weight excluding hydrogens is 418 g/mol. The Kier molecular flexibility index (Phi) is 6.18. The van der Waals surface area contributed by atoms with Gasteiger partial charge in [-0.15, -0.1) is 0 Å². The molecule has 1 N–H and O–H groups in total. The zero-order valence-corrected chi connectivity index (χ0v) is 19.0. The van der Waals surface area contributed by atoms with E-state index in [0.717, 1.165) is 16.7 Å². The Morgan fingerprint density at radius 3 is 2.30 bits per heavy atom. The number of carbonyl (C=O) groups is 1. The zero-order valence-electron chi connectivity index (χ0n) is 19.0. The summed E-state index contributed by atoms with van der Waals surface area (Å²) in [7, 11) is 1.57. The lowest BCUT2D eigenvalue weighted by Crippen LogP contribution is -2.22. The normalized spacial score (nSPS) is 10.8. The van der Waals surface area contributed by atoms with Crippen molar-refractivity contribution in [2.75, 3.05) is 19.0 Å². The van der Waals surface area contributed by atoms with Gasteiger partial charge >= 0.3 is 0 Å². The second-order valence-electron chi connectivity index (χ2n) is 7.98. The molecule has 1 amide bonds. The van der Waals surface area contributed by atoms with Crippen LogP contribution in [0.25, 0.3) is 22.3 Å². The molecule has 0 saturated carbocycles. The maximum atomic E-state index is 13.4. The summed E-state index contributed by atoms with van der Waals surface area (Å²) in [6, 6.07) is 18.3. The first-order valence-electron chi connectivity index (χ1n) is 10.6. The quantitative estimate of drug-likeness (QED) is 0.431. The summed E-state index contributed by atoms with van der Waals surface area (Å²) in [5, 5.41) is 3.18. The minimum absolute atomic E-state index is 0.0150. The van der Waals surface area contributed by atoms with Gasteiger partial charge in [-0.05, 0) is 62.2 Å². The number of amides is 1. The number of methoxy groups -OCH3 is 1. The van der Waals surface area contributed by atoms with Crippen LogP contribution < -0.4 is 20.2 Å². The van der Waals surface area contributed by atoms with Crippen LogP contribution in [0.2, 0.25) is 0 Å². The molecule has 3 aromatic carbocycles. The van der Waals surface area contributed by atoms with Gasteiger partial charge in [-0.1, -0.05) is 35.9 Å². The molecule has 0 saturated heterocycles. The number of hydrogen-bond donors (Lipinski definition) is 1. The molecule has 0 spiro atoms. The van der Waals surface area contributed by atoms with E-state index in [1.54, 1.807) is 37.4 Å². The molecule has 0 atom stereocenters. The second-order valence-corrected chi connectivity index (χ2v) is 7.98. The smallest absolute Gasteiger partial charge is 0.262 e. The Morgan fingerprint density at radius 2 is 1.64 bits per heavy atom. The molecule has 6 heteroatoms. The summed E-state index contributed by atoms with van der Waals surface area (Å²) in [5.41, 5.74) is 4.38. The van der Waals surface area contributed by atoms with Crippen molar-refractivity contribution in [2.24, 2.45) is 0 Å². The summed E-state index contributed by atoms with van der Waals surface area (Å²) < 4.78 is 17.1. The highest BCUT2D eigenvalue weighted by Crippen LogP contribution is 2.32. The fourth-order valence-electron chi connectivity index (χ4n) is 3.67. The van der Waals surface area contributed by atoms with E-state index in [-0.39, 0.29) is 17.8 Å². The predicted molar refractivity (Wildman–Crippen MR) is 129 cm³/mol. The molecule has 0 radical (unpaired) electrons. The van der Waals surface area contributed by atoms with Crippen molar-refractivity contribution in [1.29, 1.82) is 0 Å². The van der Waals surface area contributed by atoms with Crippen LogP contribution in [0.4, 0.5) is 5.69 Å². The van der Waals surface area contributed by atoms with E-state index in [4.69, 9.17) is 13.9 Å². The number of hydrogen-bond acceptors (Lipinski definition) is 5. The van der Waals surface area contributed by atoms with Crippen LogP contribution in [0.15, 0.2) is 69.9 Å². The monoisotopic (exact) mass is 443 g/mol. The molecule has 4 rings (SSSR count). The third-order valence-corrected chi connectivity index (χ3v) is 5.32. The number of fused-ring (bicyclic) bond motifs is 1. The molecule has 1 heterocycles. The first-order valence-corrected chi connectivity index (χ1v) is 10.6. The predicted octanol–water partition coefficient (Wildman–Crippen LogP) is 5.41. The fourth-order valence-corrected chi connectivity index (χ4v) is 3.67. The Morgan fingerprint density at radius 1 is 0.939 bits per heavy atom. The lowest BCUT2D eigenvalue weighted by atomic mass is 10.0. The van der Waals surface area contributed by atoms with E-state index in [2.05, 4.69) is 5.32 Å². The number of benzene rings is 3. The summed E-state index contributed by atoms with van der Waals surface area (Å²) in [4.78, 5) is 25.9. The molecule has 4 aromatic rings. The summed E-state index contributed by atoms with van der Waals surface area (Å²) >= 11 is 0. The van der Waals surface area contributed by atoms with Gasteiger partial charge in [-0.3, -0.25) is 9.59 Å². The molecule has 168 valence electrons. The van der Waals surface area contributed by atoms with Crippen LogP contribution in [-0.4, -0.2) is 19.6 Å². The minimum atomic E-state index is -0.394. The van der Waals surface area contributed by atoms with E-state index in [0.29, 0.717) is 33.7 Å². The molecule has 6 nitrogen and oxygen atoms in total. The molecule has 0 fully saturated rings. The number of carbonyl (C=O) groups excluding carboxylic acids is 1. The van der Waals surface area contributed by atoms with Crippen LogP contribution in [0, 0.1) is 20.8 Å². The highest BCUT2D eigenvalue weighted by Gasteiger charge is 2.20. The van der Waals surface area contributed by atoms with Crippen LogP contribution in [-0.2, 0) is 4.79 Å². The molecule has 1 aromatic heterocycles. The van der Waals surface area contributed by atoms with E-state index in [1.807, 2.05) is 51.1 Å². The molecule has 0 unspecified atom stereocenters. The van der Waals surface area contributed by atoms with Crippen molar-refractivity contribution in [3.63, 3.8) is 0 Å². The van der Waals surface area contributed by atoms with E-state index < -0.39 is 5.91 Å². The van der Waals surface area contributed by atoms with E-state index in [1.165, 1.54) is 0 Å². The lowest BCUT2D eigenvalue weighted by Gasteiger charge is -2.13. The van der Waals surface area contributed by atoms with Gasteiger partial charge in [-0.25, -0.2) is 0 Å². The number of aryl methyl sites for hydroxylation is 3. The Bertz CT molecular complexity index is 1370. The summed E-state index contributed by atoms with van der Waals surface area (Å²) in [6.45, 7) is 5.46. The van der Waals surface area contributed by atoms with Crippen molar-refractivity contribution in [1.82, 2.24) is 0 Å². The number of rotatable bonds is 6. The van der Waals surface area contributed by atoms with Crippen molar-refractivity contribution >= 4 is 22.6 Å². The highest BCUT2D eigenvalue weighted by atomic mass is 16.5. The van der Waals surface area contributed by atoms with Gasteiger partial charge in [0.25, 0.3) is 5.91 Å². The minimum Gasteiger partial charge on any atom is -0.497 e. The van der Waals surface area contributed by atoms with Gasteiger partial charge in [0.1, 0.15) is 11.3 Å². The van der Waals surface area contributed by atoms with Crippen LogP contribution in [0.5, 0.6) is 11.5 Å². The summed E-state index contributed by atoms with van der Waals surface area (Å²) in [5.74, 6) is 0.610. The SMILES string of the molecule is COc1ccc(NC(=O)COc2c(-c3ccc(C)cc3)oc3c(C)cc(C)cc3c2=O)cc1.